The third kappa shape index (κ3) is 1.98. The fourth-order valence-corrected chi connectivity index (χ4v) is 2.27. The summed E-state index contributed by atoms with van der Waals surface area (Å²) in [6, 6.07) is 9.50. The normalized spacial score (nSPS) is 27.6. The molecule has 0 unspecified atom stereocenters. The fraction of sp³-hybridized carbons (Fsp3) is 0.538. The van der Waals surface area contributed by atoms with Crippen molar-refractivity contribution < 1.29 is 0 Å². The van der Waals surface area contributed by atoms with Gasteiger partial charge in [0.1, 0.15) is 0 Å². The molecule has 1 saturated heterocycles. The number of aryl methyl sites for hydroxylation is 1. The van der Waals surface area contributed by atoms with Crippen molar-refractivity contribution in [2.24, 2.45) is 5.92 Å². The quantitative estimate of drug-likeness (QED) is 0.716. The molecule has 14 heavy (non-hydrogen) atoms. The summed E-state index contributed by atoms with van der Waals surface area (Å²) < 4.78 is 0. The minimum atomic E-state index is 0.573. The third-order valence-corrected chi connectivity index (χ3v) is 3.21. The minimum Gasteiger partial charge on any atom is -0.310 e. The van der Waals surface area contributed by atoms with Crippen molar-refractivity contribution in [3.05, 3.63) is 35.4 Å². The monoisotopic (exact) mass is 189 g/mol. The molecular formula is C13H19N. The molecule has 1 nitrogen and oxygen atoms in total. The van der Waals surface area contributed by atoms with Crippen molar-refractivity contribution in [1.82, 2.24) is 5.32 Å². The molecule has 0 radical (unpaired) electrons. The van der Waals surface area contributed by atoms with Gasteiger partial charge in [0.25, 0.3) is 0 Å². The molecule has 1 fully saturated rings. The van der Waals surface area contributed by atoms with Gasteiger partial charge in [0.2, 0.25) is 0 Å². The molecule has 76 valence electrons. The summed E-state index contributed by atoms with van der Waals surface area (Å²) in [6.45, 7) is 5.65. The molecule has 0 aromatic heterocycles. The van der Waals surface area contributed by atoms with Crippen molar-refractivity contribution in [1.29, 1.82) is 0 Å². The number of benzene rings is 1. The van der Waals surface area contributed by atoms with Crippen molar-refractivity contribution in [3.63, 3.8) is 0 Å². The first kappa shape index (κ1) is 9.72. The van der Waals surface area contributed by atoms with Crippen LogP contribution in [0.3, 0.4) is 0 Å². The van der Waals surface area contributed by atoms with Crippen molar-refractivity contribution >= 4 is 0 Å². The zero-order valence-corrected chi connectivity index (χ0v) is 9.09. The standard InChI is InChI=1S/C13H19N/c1-10-5-7-12(8-6-10)13-11(2)4-3-9-14-13/h5-8,11,13-14H,3-4,9H2,1-2H3/t11-,13-/m0/s1. The summed E-state index contributed by atoms with van der Waals surface area (Å²) in [4.78, 5) is 0. The van der Waals surface area contributed by atoms with Gasteiger partial charge in [-0.05, 0) is 37.8 Å². The van der Waals surface area contributed by atoms with Crippen molar-refractivity contribution in [3.8, 4) is 0 Å². The number of nitrogens with one attached hydrogen (secondary N) is 1. The van der Waals surface area contributed by atoms with Crippen LogP contribution in [0.5, 0.6) is 0 Å². The largest absolute Gasteiger partial charge is 0.310 e. The van der Waals surface area contributed by atoms with Crippen LogP contribution in [0.15, 0.2) is 24.3 Å². The number of piperidine rings is 1. The number of hydrogen-bond acceptors (Lipinski definition) is 1. The van der Waals surface area contributed by atoms with Gasteiger partial charge < -0.3 is 5.32 Å². The zero-order valence-electron chi connectivity index (χ0n) is 9.09. The first-order chi connectivity index (χ1) is 6.77. The maximum atomic E-state index is 3.60. The predicted octanol–water partition coefficient (Wildman–Crippen LogP) is 3.06. The Labute approximate surface area is 86.5 Å². The van der Waals surface area contributed by atoms with Gasteiger partial charge >= 0.3 is 0 Å². The predicted molar refractivity (Wildman–Crippen MR) is 60.3 cm³/mol. The van der Waals surface area contributed by atoms with E-state index in [9.17, 15) is 0 Å². The van der Waals surface area contributed by atoms with Crippen LogP contribution in [0.4, 0.5) is 0 Å². The molecule has 0 aliphatic carbocycles. The second-order valence-electron chi connectivity index (χ2n) is 4.46. The van der Waals surface area contributed by atoms with Crippen LogP contribution >= 0.6 is 0 Å². The van der Waals surface area contributed by atoms with Crippen LogP contribution in [-0.4, -0.2) is 6.54 Å². The van der Waals surface area contributed by atoms with Crippen LogP contribution in [0.25, 0.3) is 0 Å². The van der Waals surface area contributed by atoms with Gasteiger partial charge in [0.15, 0.2) is 0 Å². The molecule has 1 heteroatoms. The van der Waals surface area contributed by atoms with E-state index in [4.69, 9.17) is 0 Å². The molecule has 0 amide bonds. The zero-order chi connectivity index (χ0) is 9.97. The molecule has 1 N–H and O–H groups in total. The van der Waals surface area contributed by atoms with E-state index in [1.54, 1.807) is 0 Å². The van der Waals surface area contributed by atoms with Gasteiger partial charge in [-0.3, -0.25) is 0 Å². The Morgan fingerprint density at radius 2 is 1.93 bits per heavy atom. The first-order valence-electron chi connectivity index (χ1n) is 5.57. The molecule has 1 aromatic carbocycles. The average Bonchev–Trinajstić information content (AvgIpc) is 2.20. The topological polar surface area (TPSA) is 12.0 Å². The highest BCUT2D eigenvalue weighted by molar-refractivity contribution is 5.24. The molecule has 0 spiro atoms. The Kier molecular flexibility index (Phi) is 2.87. The Morgan fingerprint density at radius 3 is 2.57 bits per heavy atom. The second-order valence-corrected chi connectivity index (χ2v) is 4.46. The number of rotatable bonds is 1. The molecule has 0 saturated carbocycles. The van der Waals surface area contributed by atoms with Crippen LogP contribution in [0.2, 0.25) is 0 Å². The highest BCUT2D eigenvalue weighted by Gasteiger charge is 2.21. The van der Waals surface area contributed by atoms with Crippen LogP contribution in [0.1, 0.15) is 36.9 Å². The van der Waals surface area contributed by atoms with Crippen molar-refractivity contribution in [2.45, 2.75) is 32.7 Å². The fourth-order valence-electron chi connectivity index (χ4n) is 2.27. The van der Waals surface area contributed by atoms with E-state index >= 15 is 0 Å². The lowest BCUT2D eigenvalue weighted by Gasteiger charge is -2.30. The van der Waals surface area contributed by atoms with E-state index < -0.39 is 0 Å². The lowest BCUT2D eigenvalue weighted by atomic mass is 9.87. The SMILES string of the molecule is Cc1ccc([C@H]2NCCC[C@@H]2C)cc1. The molecular weight excluding hydrogens is 170 g/mol. The molecule has 2 atom stereocenters. The maximum Gasteiger partial charge on any atom is 0.0346 e. The van der Waals surface area contributed by atoms with Crippen LogP contribution < -0.4 is 5.32 Å². The first-order valence-corrected chi connectivity index (χ1v) is 5.57. The Morgan fingerprint density at radius 1 is 1.21 bits per heavy atom. The minimum absolute atomic E-state index is 0.573. The lowest BCUT2D eigenvalue weighted by Crippen LogP contribution is -2.32. The van der Waals surface area contributed by atoms with Gasteiger partial charge in [-0.2, -0.15) is 0 Å². The number of hydrogen-bond donors (Lipinski definition) is 1. The Bertz CT molecular complexity index is 289. The maximum absolute atomic E-state index is 3.60. The molecule has 1 heterocycles. The summed E-state index contributed by atoms with van der Waals surface area (Å²) in [5, 5.41) is 3.60. The Balaban J connectivity index is 2.16. The molecule has 0 bridgehead atoms. The molecule has 2 rings (SSSR count). The summed E-state index contributed by atoms with van der Waals surface area (Å²) in [6.07, 6.45) is 2.68. The van der Waals surface area contributed by atoms with Crippen molar-refractivity contribution in [2.75, 3.05) is 6.54 Å². The highest BCUT2D eigenvalue weighted by atomic mass is 14.9. The molecule has 1 aliphatic rings. The van der Waals surface area contributed by atoms with Gasteiger partial charge in [-0.15, -0.1) is 0 Å². The van der Waals surface area contributed by atoms with Crippen LogP contribution in [0, 0.1) is 12.8 Å². The summed E-state index contributed by atoms with van der Waals surface area (Å²) >= 11 is 0. The van der Waals surface area contributed by atoms with E-state index in [1.165, 1.54) is 30.5 Å². The summed E-state index contributed by atoms with van der Waals surface area (Å²) in [7, 11) is 0. The van der Waals surface area contributed by atoms with Gasteiger partial charge in [0.05, 0.1) is 0 Å². The average molecular weight is 189 g/mol. The third-order valence-electron chi connectivity index (χ3n) is 3.21. The molecule has 1 aromatic rings. The lowest BCUT2D eigenvalue weighted by molar-refractivity contribution is 0.306. The summed E-state index contributed by atoms with van der Waals surface area (Å²) in [5.74, 6) is 0.770. The van der Waals surface area contributed by atoms with E-state index in [-0.39, 0.29) is 0 Å². The van der Waals surface area contributed by atoms with Gasteiger partial charge in [-0.25, -0.2) is 0 Å². The van der Waals surface area contributed by atoms with E-state index in [0.717, 1.165) is 5.92 Å². The van der Waals surface area contributed by atoms with Gasteiger partial charge in [0, 0.05) is 6.04 Å². The smallest absolute Gasteiger partial charge is 0.0346 e. The van der Waals surface area contributed by atoms with Gasteiger partial charge in [-0.1, -0.05) is 36.8 Å². The van der Waals surface area contributed by atoms with E-state index in [2.05, 4.69) is 43.4 Å². The Hall–Kier alpha value is -0.820. The second kappa shape index (κ2) is 4.14. The van der Waals surface area contributed by atoms with E-state index in [1.807, 2.05) is 0 Å². The summed E-state index contributed by atoms with van der Waals surface area (Å²) in [5.41, 5.74) is 2.79. The van der Waals surface area contributed by atoms with Crippen LogP contribution in [-0.2, 0) is 0 Å². The van der Waals surface area contributed by atoms with E-state index in [0.29, 0.717) is 6.04 Å². The molecule has 1 aliphatic heterocycles. The highest BCUT2D eigenvalue weighted by Crippen LogP contribution is 2.28.